The summed E-state index contributed by atoms with van der Waals surface area (Å²) < 4.78 is 0. The van der Waals surface area contributed by atoms with Crippen LogP contribution in [-0.2, 0) is 9.59 Å². The summed E-state index contributed by atoms with van der Waals surface area (Å²) in [6, 6.07) is -0.995. The third-order valence-electron chi connectivity index (χ3n) is 3.88. The number of aliphatic carboxylic acids is 1. The van der Waals surface area contributed by atoms with Crippen molar-refractivity contribution < 1.29 is 19.8 Å². The number of carbonyl (C=O) groups is 2. The number of rotatable bonds is 15. The third-order valence-corrected chi connectivity index (χ3v) is 4.24. The SMILES string of the molecule is CCCCCCCCCCCC(O)CC(=O)N[C@H](CS)C(=O)O. The van der Waals surface area contributed by atoms with Crippen LogP contribution in [0.4, 0.5) is 0 Å². The quantitative estimate of drug-likeness (QED) is 0.271. The molecular weight excluding hydrogens is 314 g/mol. The molecule has 0 saturated carbocycles. The number of carbonyl (C=O) groups excluding carboxylic acids is 1. The van der Waals surface area contributed by atoms with Gasteiger partial charge in [-0.1, -0.05) is 64.7 Å². The Morgan fingerprint density at radius 1 is 1.00 bits per heavy atom. The van der Waals surface area contributed by atoms with E-state index in [1.807, 2.05) is 0 Å². The van der Waals surface area contributed by atoms with Crippen LogP contribution in [0.1, 0.15) is 77.6 Å². The topological polar surface area (TPSA) is 86.6 Å². The number of nitrogens with one attached hydrogen (secondary N) is 1. The average molecular weight is 348 g/mol. The number of amides is 1. The normalized spacial score (nSPS) is 13.5. The van der Waals surface area contributed by atoms with Gasteiger partial charge in [0, 0.05) is 5.75 Å². The molecule has 0 aromatic rings. The second-order valence-corrected chi connectivity index (χ2v) is 6.48. The van der Waals surface area contributed by atoms with E-state index < -0.39 is 24.0 Å². The van der Waals surface area contributed by atoms with Crippen molar-refractivity contribution in [1.29, 1.82) is 0 Å². The first-order valence-corrected chi connectivity index (χ1v) is 9.45. The smallest absolute Gasteiger partial charge is 0.327 e. The monoisotopic (exact) mass is 347 g/mol. The third kappa shape index (κ3) is 13.4. The van der Waals surface area contributed by atoms with Crippen molar-refractivity contribution in [3.8, 4) is 0 Å². The zero-order chi connectivity index (χ0) is 17.5. The molecule has 0 heterocycles. The molecule has 2 atom stereocenters. The summed E-state index contributed by atoms with van der Waals surface area (Å²) in [5.74, 6) is -1.51. The lowest BCUT2D eigenvalue weighted by molar-refractivity contribution is -0.141. The van der Waals surface area contributed by atoms with Crippen LogP contribution < -0.4 is 5.32 Å². The predicted octanol–water partition coefficient (Wildman–Crippen LogP) is 3.16. The number of unbranched alkanes of at least 4 members (excludes halogenated alkanes) is 8. The molecule has 23 heavy (non-hydrogen) atoms. The summed E-state index contributed by atoms with van der Waals surface area (Å²) in [4.78, 5) is 22.4. The molecule has 0 rings (SSSR count). The number of hydrogen-bond donors (Lipinski definition) is 4. The largest absolute Gasteiger partial charge is 0.480 e. The molecule has 0 bridgehead atoms. The summed E-state index contributed by atoms with van der Waals surface area (Å²) >= 11 is 3.88. The van der Waals surface area contributed by atoms with E-state index in [-0.39, 0.29) is 12.2 Å². The molecule has 1 amide bonds. The van der Waals surface area contributed by atoms with Crippen molar-refractivity contribution in [3.05, 3.63) is 0 Å². The van der Waals surface area contributed by atoms with Gasteiger partial charge in [0.25, 0.3) is 0 Å². The maximum atomic E-state index is 11.6. The molecular formula is C17H33NO4S. The minimum absolute atomic E-state index is 0.0371. The summed E-state index contributed by atoms with van der Waals surface area (Å²) in [6.07, 6.45) is 10.7. The van der Waals surface area contributed by atoms with E-state index in [4.69, 9.17) is 5.11 Å². The first-order valence-electron chi connectivity index (χ1n) is 8.82. The maximum Gasteiger partial charge on any atom is 0.327 e. The average Bonchev–Trinajstić information content (AvgIpc) is 2.50. The lowest BCUT2D eigenvalue weighted by Gasteiger charge is -2.14. The van der Waals surface area contributed by atoms with Gasteiger partial charge in [-0.3, -0.25) is 4.79 Å². The number of aliphatic hydroxyl groups excluding tert-OH is 1. The standard InChI is InChI=1S/C17H33NO4S/c1-2-3-4-5-6-7-8-9-10-11-14(19)12-16(20)18-15(13-23)17(21)22/h14-15,19,23H,2-13H2,1H3,(H,18,20)(H,21,22)/t14?,15-/m1/s1. The van der Waals surface area contributed by atoms with Crippen molar-refractivity contribution in [1.82, 2.24) is 5.32 Å². The Labute approximate surface area is 145 Å². The van der Waals surface area contributed by atoms with E-state index in [9.17, 15) is 14.7 Å². The highest BCUT2D eigenvalue weighted by Crippen LogP contribution is 2.12. The van der Waals surface area contributed by atoms with Crippen molar-refractivity contribution in [2.75, 3.05) is 5.75 Å². The highest BCUT2D eigenvalue weighted by molar-refractivity contribution is 7.80. The van der Waals surface area contributed by atoms with Gasteiger partial charge in [-0.15, -0.1) is 0 Å². The molecule has 0 radical (unpaired) electrons. The maximum absolute atomic E-state index is 11.6. The number of carboxylic acids is 1. The fraction of sp³-hybridized carbons (Fsp3) is 0.882. The van der Waals surface area contributed by atoms with Crippen LogP contribution >= 0.6 is 12.6 Å². The van der Waals surface area contributed by atoms with Gasteiger partial charge in [0.1, 0.15) is 6.04 Å². The number of hydrogen-bond acceptors (Lipinski definition) is 4. The van der Waals surface area contributed by atoms with Crippen LogP contribution in [0.15, 0.2) is 0 Å². The van der Waals surface area contributed by atoms with Gasteiger partial charge in [0.05, 0.1) is 12.5 Å². The molecule has 5 nitrogen and oxygen atoms in total. The fourth-order valence-electron chi connectivity index (χ4n) is 2.45. The van der Waals surface area contributed by atoms with E-state index in [1.165, 1.54) is 44.9 Å². The summed E-state index contributed by atoms with van der Waals surface area (Å²) in [5.41, 5.74) is 0. The Balaban J connectivity index is 3.57. The van der Waals surface area contributed by atoms with E-state index in [1.54, 1.807) is 0 Å². The molecule has 0 aliphatic rings. The van der Waals surface area contributed by atoms with Gasteiger partial charge in [-0.25, -0.2) is 4.79 Å². The van der Waals surface area contributed by atoms with Crippen molar-refractivity contribution >= 4 is 24.5 Å². The minimum Gasteiger partial charge on any atom is -0.480 e. The Morgan fingerprint density at radius 2 is 1.52 bits per heavy atom. The molecule has 6 heteroatoms. The van der Waals surface area contributed by atoms with Gasteiger partial charge >= 0.3 is 5.97 Å². The van der Waals surface area contributed by atoms with Crippen LogP contribution in [0.25, 0.3) is 0 Å². The molecule has 3 N–H and O–H groups in total. The number of thiol groups is 1. The van der Waals surface area contributed by atoms with Crippen LogP contribution in [0.3, 0.4) is 0 Å². The molecule has 1 unspecified atom stereocenters. The first kappa shape index (κ1) is 22.2. The van der Waals surface area contributed by atoms with E-state index in [0.717, 1.165) is 12.8 Å². The predicted molar refractivity (Wildman–Crippen MR) is 95.9 cm³/mol. The molecule has 136 valence electrons. The van der Waals surface area contributed by atoms with E-state index >= 15 is 0 Å². The minimum atomic E-state index is -1.11. The Hall–Kier alpha value is -0.750. The fourth-order valence-corrected chi connectivity index (χ4v) is 2.69. The molecule has 0 fully saturated rings. The highest BCUT2D eigenvalue weighted by Gasteiger charge is 2.19. The van der Waals surface area contributed by atoms with Crippen LogP contribution in [0.2, 0.25) is 0 Å². The Morgan fingerprint density at radius 3 is 2.00 bits per heavy atom. The van der Waals surface area contributed by atoms with Crippen molar-refractivity contribution in [2.24, 2.45) is 0 Å². The van der Waals surface area contributed by atoms with Crippen LogP contribution in [-0.4, -0.2) is 40.0 Å². The van der Waals surface area contributed by atoms with E-state index in [0.29, 0.717) is 6.42 Å². The molecule has 0 aliphatic heterocycles. The molecule has 0 saturated heterocycles. The second kappa shape index (κ2) is 14.8. The zero-order valence-electron chi connectivity index (χ0n) is 14.3. The highest BCUT2D eigenvalue weighted by atomic mass is 32.1. The van der Waals surface area contributed by atoms with Gasteiger partial charge in [-0.05, 0) is 6.42 Å². The van der Waals surface area contributed by atoms with E-state index in [2.05, 4.69) is 24.9 Å². The molecule has 0 aliphatic carbocycles. The van der Waals surface area contributed by atoms with Gasteiger partial charge in [-0.2, -0.15) is 12.6 Å². The summed E-state index contributed by atoms with van der Waals surface area (Å²) in [6.45, 7) is 2.21. The Bertz CT molecular complexity index is 326. The van der Waals surface area contributed by atoms with Crippen molar-refractivity contribution in [2.45, 2.75) is 89.7 Å². The Kier molecular flexibility index (Phi) is 14.3. The van der Waals surface area contributed by atoms with Gasteiger partial charge in [0.15, 0.2) is 0 Å². The number of carboxylic acid groups (broad SMARTS) is 1. The van der Waals surface area contributed by atoms with Gasteiger partial charge < -0.3 is 15.5 Å². The summed E-state index contributed by atoms with van der Waals surface area (Å²) in [7, 11) is 0. The number of aliphatic hydroxyl groups is 1. The lowest BCUT2D eigenvalue weighted by Crippen LogP contribution is -2.43. The summed E-state index contributed by atoms with van der Waals surface area (Å²) in [5, 5.41) is 21.0. The second-order valence-electron chi connectivity index (χ2n) is 6.12. The molecule has 0 spiro atoms. The first-order chi connectivity index (χ1) is 11.0. The molecule has 0 aromatic carbocycles. The lowest BCUT2D eigenvalue weighted by atomic mass is 10.0. The van der Waals surface area contributed by atoms with Crippen LogP contribution in [0.5, 0.6) is 0 Å². The van der Waals surface area contributed by atoms with Gasteiger partial charge in [0.2, 0.25) is 5.91 Å². The van der Waals surface area contributed by atoms with Crippen LogP contribution in [0, 0.1) is 0 Å². The zero-order valence-corrected chi connectivity index (χ0v) is 15.2. The van der Waals surface area contributed by atoms with Crippen molar-refractivity contribution in [3.63, 3.8) is 0 Å². The molecule has 0 aromatic heterocycles.